The third-order valence-electron chi connectivity index (χ3n) is 4.86. The fourth-order valence-electron chi connectivity index (χ4n) is 2.86. The van der Waals surface area contributed by atoms with Crippen LogP contribution in [-0.2, 0) is 6.54 Å². The predicted octanol–water partition coefficient (Wildman–Crippen LogP) is 3.24. The van der Waals surface area contributed by atoms with Crippen LogP contribution in [0.1, 0.15) is 24.1 Å². The van der Waals surface area contributed by atoms with Gasteiger partial charge < -0.3 is 15.1 Å². The normalized spacial score (nSPS) is 11.7. The molecule has 1 aromatic heterocycles. The molecular weight excluding hydrogens is 352 g/mol. The zero-order valence-electron chi connectivity index (χ0n) is 16.7. The predicted molar refractivity (Wildman–Crippen MR) is 111 cm³/mol. The lowest BCUT2D eigenvalue weighted by Gasteiger charge is -2.26. The van der Waals surface area contributed by atoms with Gasteiger partial charge in [-0.3, -0.25) is 0 Å². The molecule has 0 bridgehead atoms. The summed E-state index contributed by atoms with van der Waals surface area (Å²) < 4.78 is 1.70. The summed E-state index contributed by atoms with van der Waals surface area (Å²) in [6, 6.07) is 15.9. The summed E-state index contributed by atoms with van der Waals surface area (Å²) >= 11 is 0. The molecule has 0 aliphatic heterocycles. The van der Waals surface area contributed by atoms with E-state index < -0.39 is 0 Å². The average molecular weight is 378 g/mol. The summed E-state index contributed by atoms with van der Waals surface area (Å²) in [5.41, 5.74) is 4.19. The lowest BCUT2D eigenvalue weighted by molar-refractivity contribution is 0.194. The van der Waals surface area contributed by atoms with Gasteiger partial charge in [-0.25, -0.2) is 14.5 Å². The third-order valence-corrected chi connectivity index (χ3v) is 4.86. The molecule has 1 unspecified atom stereocenters. The summed E-state index contributed by atoms with van der Waals surface area (Å²) in [5.74, 6) is 0. The van der Waals surface area contributed by atoms with E-state index in [0.29, 0.717) is 6.54 Å². The summed E-state index contributed by atoms with van der Waals surface area (Å²) in [6.07, 6.45) is 3.16. The van der Waals surface area contributed by atoms with Gasteiger partial charge in [-0.1, -0.05) is 24.3 Å². The molecule has 1 atom stereocenters. The van der Waals surface area contributed by atoms with E-state index in [9.17, 15) is 4.79 Å². The number of amides is 2. The van der Waals surface area contributed by atoms with E-state index in [2.05, 4.69) is 15.4 Å². The maximum absolute atomic E-state index is 12.5. The van der Waals surface area contributed by atoms with Gasteiger partial charge in [0.05, 0.1) is 11.7 Å². The first-order valence-corrected chi connectivity index (χ1v) is 9.17. The molecule has 3 rings (SSSR count). The van der Waals surface area contributed by atoms with E-state index in [1.807, 2.05) is 74.4 Å². The molecule has 146 valence electrons. The number of urea groups is 1. The highest BCUT2D eigenvalue weighted by atomic mass is 16.2. The van der Waals surface area contributed by atoms with Crippen LogP contribution in [0.3, 0.4) is 0 Å². The van der Waals surface area contributed by atoms with Crippen LogP contribution in [0.5, 0.6) is 0 Å². The van der Waals surface area contributed by atoms with Crippen molar-refractivity contribution in [3.05, 3.63) is 72.3 Å². The molecule has 0 aliphatic carbocycles. The molecule has 0 saturated carbocycles. The van der Waals surface area contributed by atoms with Crippen LogP contribution in [0.2, 0.25) is 0 Å². The summed E-state index contributed by atoms with van der Waals surface area (Å²) in [5, 5.41) is 7.10. The maximum atomic E-state index is 12.5. The van der Waals surface area contributed by atoms with Gasteiger partial charge >= 0.3 is 6.03 Å². The highest BCUT2D eigenvalue weighted by Crippen LogP contribution is 2.20. The minimum atomic E-state index is -0.107. The Morgan fingerprint density at radius 3 is 2.32 bits per heavy atom. The Labute approximate surface area is 165 Å². The Kier molecular flexibility index (Phi) is 5.93. The number of carbonyl (C=O) groups excluding carboxylic acids is 1. The molecule has 7 heteroatoms. The van der Waals surface area contributed by atoms with Gasteiger partial charge in [-0.05, 0) is 42.3 Å². The third kappa shape index (κ3) is 4.49. The number of nitrogens with one attached hydrogen (secondary N) is 1. The van der Waals surface area contributed by atoms with Crippen molar-refractivity contribution in [2.75, 3.05) is 26.0 Å². The molecule has 0 aliphatic rings. The second kappa shape index (κ2) is 8.56. The van der Waals surface area contributed by atoms with E-state index in [1.165, 1.54) is 6.33 Å². The van der Waals surface area contributed by atoms with Crippen molar-refractivity contribution in [1.29, 1.82) is 0 Å². The maximum Gasteiger partial charge on any atom is 0.317 e. The first-order chi connectivity index (χ1) is 13.5. The van der Waals surface area contributed by atoms with Crippen molar-refractivity contribution in [3.63, 3.8) is 0 Å². The van der Waals surface area contributed by atoms with Gasteiger partial charge in [0.25, 0.3) is 0 Å². The van der Waals surface area contributed by atoms with Gasteiger partial charge in [0.2, 0.25) is 0 Å². The molecule has 2 aromatic carbocycles. The van der Waals surface area contributed by atoms with E-state index in [1.54, 1.807) is 23.0 Å². The van der Waals surface area contributed by atoms with Gasteiger partial charge in [-0.2, -0.15) is 5.10 Å². The van der Waals surface area contributed by atoms with Gasteiger partial charge in [0.1, 0.15) is 12.7 Å². The molecule has 7 nitrogen and oxygen atoms in total. The number of rotatable bonds is 6. The number of aromatic nitrogens is 3. The largest absolute Gasteiger partial charge is 0.378 e. The zero-order chi connectivity index (χ0) is 20.1. The highest BCUT2D eigenvalue weighted by Gasteiger charge is 2.17. The van der Waals surface area contributed by atoms with Crippen molar-refractivity contribution < 1.29 is 4.79 Å². The Morgan fingerprint density at radius 2 is 1.75 bits per heavy atom. The lowest BCUT2D eigenvalue weighted by Crippen LogP contribution is -2.38. The molecular formula is C21H26N6O. The van der Waals surface area contributed by atoms with Crippen LogP contribution in [0.25, 0.3) is 5.69 Å². The molecule has 0 radical (unpaired) electrons. The molecule has 1 heterocycles. The Bertz CT molecular complexity index is 888. The Hall–Kier alpha value is -3.35. The van der Waals surface area contributed by atoms with Crippen LogP contribution < -0.4 is 10.2 Å². The number of anilines is 1. The molecule has 28 heavy (non-hydrogen) atoms. The standard InChI is InChI=1S/C21H26N6O/c1-16(18-7-11-20(12-8-18)27-15-22-14-24-27)26(4)21(28)23-13-17-5-9-19(10-6-17)25(2)3/h5-12,14-16H,13H2,1-4H3,(H,23,28). The van der Waals surface area contributed by atoms with Gasteiger partial charge in [-0.15, -0.1) is 0 Å². The molecule has 1 N–H and O–H groups in total. The van der Waals surface area contributed by atoms with E-state index >= 15 is 0 Å². The molecule has 3 aromatic rings. The van der Waals surface area contributed by atoms with Crippen LogP contribution in [0.4, 0.5) is 10.5 Å². The minimum Gasteiger partial charge on any atom is -0.378 e. The van der Waals surface area contributed by atoms with Crippen molar-refractivity contribution >= 4 is 11.7 Å². The number of carbonyl (C=O) groups is 1. The van der Waals surface area contributed by atoms with Crippen molar-refractivity contribution in [3.8, 4) is 5.69 Å². The Morgan fingerprint density at radius 1 is 1.07 bits per heavy atom. The highest BCUT2D eigenvalue weighted by molar-refractivity contribution is 5.74. The minimum absolute atomic E-state index is 0.0547. The lowest BCUT2D eigenvalue weighted by atomic mass is 10.1. The number of nitrogens with zero attached hydrogens (tertiary/aromatic N) is 5. The van der Waals surface area contributed by atoms with Crippen LogP contribution in [0, 0.1) is 0 Å². The number of benzene rings is 2. The van der Waals surface area contributed by atoms with Crippen molar-refractivity contribution in [2.24, 2.45) is 0 Å². The molecule has 0 fully saturated rings. The second-order valence-corrected chi connectivity index (χ2v) is 6.94. The van der Waals surface area contributed by atoms with E-state index in [0.717, 1.165) is 22.5 Å². The fourth-order valence-corrected chi connectivity index (χ4v) is 2.86. The molecule has 2 amide bonds. The van der Waals surface area contributed by atoms with Crippen molar-refractivity contribution in [1.82, 2.24) is 25.0 Å². The van der Waals surface area contributed by atoms with E-state index in [-0.39, 0.29) is 12.1 Å². The zero-order valence-corrected chi connectivity index (χ0v) is 16.7. The van der Waals surface area contributed by atoms with Crippen molar-refractivity contribution in [2.45, 2.75) is 19.5 Å². The monoisotopic (exact) mass is 378 g/mol. The topological polar surface area (TPSA) is 66.3 Å². The van der Waals surface area contributed by atoms with Gasteiger partial charge in [0.15, 0.2) is 0 Å². The fraction of sp³-hybridized carbons (Fsp3) is 0.286. The first-order valence-electron chi connectivity index (χ1n) is 9.17. The van der Waals surface area contributed by atoms with Gasteiger partial charge in [0, 0.05) is 33.4 Å². The first kappa shape index (κ1) is 19.4. The number of hydrogen-bond acceptors (Lipinski definition) is 4. The summed E-state index contributed by atoms with van der Waals surface area (Å²) in [6.45, 7) is 2.50. The average Bonchev–Trinajstić information content (AvgIpc) is 3.26. The van der Waals surface area contributed by atoms with Crippen LogP contribution >= 0.6 is 0 Å². The summed E-state index contributed by atoms with van der Waals surface area (Å²) in [4.78, 5) is 20.3. The van der Waals surface area contributed by atoms with Crippen LogP contribution in [-0.4, -0.2) is 46.8 Å². The SMILES string of the molecule is CC(c1ccc(-n2cncn2)cc1)N(C)C(=O)NCc1ccc(N(C)C)cc1. The Balaban J connectivity index is 1.57. The van der Waals surface area contributed by atoms with Crippen LogP contribution in [0.15, 0.2) is 61.2 Å². The quantitative estimate of drug-likeness (QED) is 0.715. The van der Waals surface area contributed by atoms with E-state index in [4.69, 9.17) is 0 Å². The smallest absolute Gasteiger partial charge is 0.317 e. The second-order valence-electron chi connectivity index (χ2n) is 6.94. The molecule has 0 spiro atoms. The molecule has 0 saturated heterocycles. The number of hydrogen-bond donors (Lipinski definition) is 1. The summed E-state index contributed by atoms with van der Waals surface area (Å²) in [7, 11) is 5.82.